The first kappa shape index (κ1) is 10.1. The minimum absolute atomic E-state index is 0.509. The Morgan fingerprint density at radius 1 is 1.31 bits per heavy atom. The molecule has 0 aromatic heterocycles. The summed E-state index contributed by atoms with van der Waals surface area (Å²) in [6.45, 7) is 2.00. The molecule has 74 valence electrons. The summed E-state index contributed by atoms with van der Waals surface area (Å²) in [7, 11) is 0. The van der Waals surface area contributed by atoms with Gasteiger partial charge in [-0.05, 0) is 31.3 Å². The number of nitrogens with two attached hydrogens (primary N) is 2. The van der Waals surface area contributed by atoms with Crippen molar-refractivity contribution in [1.82, 2.24) is 0 Å². The molecule has 13 heavy (non-hydrogen) atoms. The van der Waals surface area contributed by atoms with Crippen molar-refractivity contribution < 1.29 is 0 Å². The number of rotatable bonds is 2. The lowest BCUT2D eigenvalue weighted by Crippen LogP contribution is -2.24. The van der Waals surface area contributed by atoms with E-state index in [9.17, 15) is 0 Å². The molecule has 0 heterocycles. The standard InChI is InChI=1S/C10H19N3/c1-2-9(10(11)13-12)8-6-4-3-5-7-8/h2,8H,3-7,12H2,1H3,(H2,11,13)/b9-2-. The van der Waals surface area contributed by atoms with Gasteiger partial charge in [-0.25, -0.2) is 0 Å². The van der Waals surface area contributed by atoms with Crippen LogP contribution in [0, 0.1) is 5.92 Å². The topological polar surface area (TPSA) is 64.4 Å². The first-order chi connectivity index (χ1) is 6.29. The van der Waals surface area contributed by atoms with Gasteiger partial charge in [-0.15, -0.1) is 0 Å². The average molecular weight is 181 g/mol. The number of amidine groups is 1. The summed E-state index contributed by atoms with van der Waals surface area (Å²) >= 11 is 0. The van der Waals surface area contributed by atoms with Gasteiger partial charge in [0, 0.05) is 0 Å². The zero-order chi connectivity index (χ0) is 9.68. The molecule has 4 N–H and O–H groups in total. The van der Waals surface area contributed by atoms with Gasteiger partial charge in [0.1, 0.15) is 5.84 Å². The molecular formula is C10H19N3. The van der Waals surface area contributed by atoms with E-state index < -0.39 is 0 Å². The zero-order valence-electron chi connectivity index (χ0n) is 8.29. The Kier molecular flexibility index (Phi) is 3.80. The largest absolute Gasteiger partial charge is 0.382 e. The molecule has 0 atom stereocenters. The molecule has 1 aliphatic rings. The highest BCUT2D eigenvalue weighted by Crippen LogP contribution is 2.29. The minimum Gasteiger partial charge on any atom is -0.382 e. The Hall–Kier alpha value is -0.990. The molecule has 1 fully saturated rings. The molecular weight excluding hydrogens is 162 g/mol. The van der Waals surface area contributed by atoms with Crippen molar-refractivity contribution in [1.29, 1.82) is 0 Å². The normalized spacial score (nSPS) is 21.9. The summed E-state index contributed by atoms with van der Waals surface area (Å²) in [5, 5.41) is 3.56. The predicted molar refractivity (Wildman–Crippen MR) is 56.1 cm³/mol. The molecule has 0 bridgehead atoms. The van der Waals surface area contributed by atoms with Crippen LogP contribution >= 0.6 is 0 Å². The van der Waals surface area contributed by atoms with Gasteiger partial charge in [-0.2, -0.15) is 5.10 Å². The molecule has 0 unspecified atom stereocenters. The summed E-state index contributed by atoms with van der Waals surface area (Å²) < 4.78 is 0. The first-order valence-electron chi connectivity index (χ1n) is 4.99. The second kappa shape index (κ2) is 4.90. The fraction of sp³-hybridized carbons (Fsp3) is 0.700. The molecule has 0 aromatic carbocycles. The van der Waals surface area contributed by atoms with Gasteiger partial charge >= 0.3 is 0 Å². The van der Waals surface area contributed by atoms with Gasteiger partial charge in [0.25, 0.3) is 0 Å². The molecule has 0 amide bonds. The number of hydrogen-bond acceptors (Lipinski definition) is 2. The summed E-state index contributed by atoms with van der Waals surface area (Å²) in [6, 6.07) is 0. The van der Waals surface area contributed by atoms with Gasteiger partial charge in [-0.3, -0.25) is 0 Å². The number of hydrogen-bond donors (Lipinski definition) is 2. The number of nitrogens with zero attached hydrogens (tertiary/aromatic N) is 1. The van der Waals surface area contributed by atoms with E-state index in [-0.39, 0.29) is 0 Å². The molecule has 0 aromatic rings. The average Bonchev–Trinajstić information content (AvgIpc) is 2.20. The van der Waals surface area contributed by atoms with Crippen molar-refractivity contribution in [3.63, 3.8) is 0 Å². The predicted octanol–water partition coefficient (Wildman–Crippen LogP) is 1.74. The van der Waals surface area contributed by atoms with Crippen LogP contribution in [-0.2, 0) is 0 Å². The second-order valence-corrected chi connectivity index (χ2v) is 3.59. The zero-order valence-corrected chi connectivity index (χ0v) is 8.29. The van der Waals surface area contributed by atoms with Crippen molar-refractivity contribution in [3.8, 4) is 0 Å². The summed E-state index contributed by atoms with van der Waals surface area (Å²) in [5.41, 5.74) is 6.86. The van der Waals surface area contributed by atoms with Gasteiger partial charge in [0.05, 0.1) is 0 Å². The van der Waals surface area contributed by atoms with Crippen LogP contribution in [0.5, 0.6) is 0 Å². The van der Waals surface area contributed by atoms with Crippen LogP contribution in [-0.4, -0.2) is 5.84 Å². The molecule has 0 aliphatic heterocycles. The SMILES string of the molecule is C/C=C(\C(N)=N/N)C1CCCCC1. The van der Waals surface area contributed by atoms with Gasteiger partial charge < -0.3 is 11.6 Å². The van der Waals surface area contributed by atoms with E-state index in [0.29, 0.717) is 11.8 Å². The van der Waals surface area contributed by atoms with E-state index in [1.54, 1.807) is 0 Å². The highest BCUT2D eigenvalue weighted by molar-refractivity contribution is 5.97. The van der Waals surface area contributed by atoms with Crippen LogP contribution in [0.3, 0.4) is 0 Å². The van der Waals surface area contributed by atoms with Gasteiger partial charge in [0.2, 0.25) is 0 Å². The van der Waals surface area contributed by atoms with Crippen LogP contribution in [0.2, 0.25) is 0 Å². The molecule has 1 rings (SSSR count). The fourth-order valence-corrected chi connectivity index (χ4v) is 2.08. The number of hydrazone groups is 1. The van der Waals surface area contributed by atoms with Crippen LogP contribution in [0.1, 0.15) is 39.0 Å². The first-order valence-corrected chi connectivity index (χ1v) is 4.99. The summed E-state index contributed by atoms with van der Waals surface area (Å²) in [4.78, 5) is 0. The molecule has 1 aliphatic carbocycles. The third kappa shape index (κ3) is 2.47. The third-order valence-corrected chi connectivity index (χ3v) is 2.79. The van der Waals surface area contributed by atoms with Crippen molar-refractivity contribution in [3.05, 3.63) is 11.6 Å². The van der Waals surface area contributed by atoms with Crippen LogP contribution in [0.15, 0.2) is 16.8 Å². The summed E-state index contributed by atoms with van der Waals surface area (Å²) in [6.07, 6.45) is 8.47. The quantitative estimate of drug-likeness (QED) is 0.295. The van der Waals surface area contributed by atoms with Crippen molar-refractivity contribution in [2.45, 2.75) is 39.0 Å². The highest BCUT2D eigenvalue weighted by atomic mass is 15.2. The lowest BCUT2D eigenvalue weighted by atomic mass is 9.83. The smallest absolute Gasteiger partial charge is 0.146 e. The Bertz CT molecular complexity index is 212. The molecule has 0 radical (unpaired) electrons. The molecule has 0 spiro atoms. The maximum atomic E-state index is 5.72. The van der Waals surface area contributed by atoms with Crippen LogP contribution < -0.4 is 11.6 Å². The maximum absolute atomic E-state index is 5.72. The van der Waals surface area contributed by atoms with E-state index in [1.165, 1.54) is 32.1 Å². The Balaban J connectivity index is 2.66. The van der Waals surface area contributed by atoms with Crippen molar-refractivity contribution >= 4 is 5.84 Å². The minimum atomic E-state index is 0.509. The fourth-order valence-electron chi connectivity index (χ4n) is 2.08. The van der Waals surface area contributed by atoms with Crippen molar-refractivity contribution in [2.75, 3.05) is 0 Å². The van der Waals surface area contributed by atoms with E-state index in [2.05, 4.69) is 5.10 Å². The van der Waals surface area contributed by atoms with Crippen molar-refractivity contribution in [2.24, 2.45) is 22.6 Å². The summed E-state index contributed by atoms with van der Waals surface area (Å²) in [5.74, 6) is 6.27. The molecule has 0 saturated heterocycles. The molecule has 1 saturated carbocycles. The Labute approximate surface area is 79.9 Å². The number of allylic oxidation sites excluding steroid dienone is 1. The van der Waals surface area contributed by atoms with Gasteiger partial charge in [0.15, 0.2) is 0 Å². The third-order valence-electron chi connectivity index (χ3n) is 2.79. The van der Waals surface area contributed by atoms with Gasteiger partial charge in [-0.1, -0.05) is 25.3 Å². The van der Waals surface area contributed by atoms with Crippen LogP contribution in [0.25, 0.3) is 0 Å². The lowest BCUT2D eigenvalue weighted by molar-refractivity contribution is 0.410. The second-order valence-electron chi connectivity index (χ2n) is 3.59. The monoisotopic (exact) mass is 181 g/mol. The highest BCUT2D eigenvalue weighted by Gasteiger charge is 2.19. The van der Waals surface area contributed by atoms with E-state index in [4.69, 9.17) is 11.6 Å². The van der Waals surface area contributed by atoms with Crippen LogP contribution in [0.4, 0.5) is 0 Å². The lowest BCUT2D eigenvalue weighted by Gasteiger charge is -2.23. The Morgan fingerprint density at radius 3 is 2.38 bits per heavy atom. The molecule has 3 nitrogen and oxygen atoms in total. The Morgan fingerprint density at radius 2 is 1.92 bits per heavy atom. The van der Waals surface area contributed by atoms with E-state index in [0.717, 1.165) is 5.57 Å². The molecule has 3 heteroatoms. The maximum Gasteiger partial charge on any atom is 0.146 e. The van der Waals surface area contributed by atoms with E-state index in [1.807, 2.05) is 13.0 Å². The van der Waals surface area contributed by atoms with E-state index >= 15 is 0 Å².